The number of phenols is 1. The van der Waals surface area contributed by atoms with Gasteiger partial charge in [-0.25, -0.2) is 4.79 Å². The van der Waals surface area contributed by atoms with E-state index < -0.39 is 5.76 Å². The zero-order chi connectivity index (χ0) is 16.8. The fraction of sp³-hybridized carbons (Fsp3) is 0.176. The van der Waals surface area contributed by atoms with Crippen LogP contribution in [-0.2, 0) is 6.54 Å². The van der Waals surface area contributed by atoms with Crippen molar-refractivity contribution in [1.82, 2.24) is 9.78 Å². The van der Waals surface area contributed by atoms with Crippen molar-refractivity contribution in [2.24, 2.45) is 0 Å². The first-order valence-electron chi connectivity index (χ1n) is 7.34. The Labute approximate surface area is 133 Å². The van der Waals surface area contributed by atoms with Gasteiger partial charge >= 0.3 is 5.76 Å². The predicted octanol–water partition coefficient (Wildman–Crippen LogP) is 2.87. The maximum absolute atomic E-state index is 11.8. The minimum Gasteiger partial charge on any atom is -0.507 e. The molecule has 0 unspecified atom stereocenters. The van der Waals surface area contributed by atoms with Gasteiger partial charge in [0.15, 0.2) is 0 Å². The molecule has 0 saturated heterocycles. The highest BCUT2D eigenvalue weighted by Gasteiger charge is 2.14. The molecule has 0 aliphatic rings. The summed E-state index contributed by atoms with van der Waals surface area (Å²) in [6, 6.07) is 14.0. The molecule has 0 bridgehead atoms. The standard InChI is InChI=1S/C15H13N3O3.C2H6/c16-11-6-7-12(13(19)8-11)14-17-18(15(20)21-14)9-10-4-2-1-3-5-10;1-2/h1-8,19H,9,16H2;1-2H3. The minimum atomic E-state index is -0.579. The third kappa shape index (κ3) is 3.79. The lowest BCUT2D eigenvalue weighted by Crippen LogP contribution is -2.16. The molecule has 3 N–H and O–H groups in total. The minimum absolute atomic E-state index is 0.0634. The zero-order valence-corrected chi connectivity index (χ0v) is 13.1. The number of hydrogen-bond donors (Lipinski definition) is 2. The Morgan fingerprint density at radius 2 is 1.87 bits per heavy atom. The molecule has 0 fully saturated rings. The molecule has 0 aliphatic heterocycles. The van der Waals surface area contributed by atoms with Crippen LogP contribution in [0.1, 0.15) is 19.4 Å². The van der Waals surface area contributed by atoms with Gasteiger partial charge in [-0.05, 0) is 17.7 Å². The summed E-state index contributed by atoms with van der Waals surface area (Å²) in [4.78, 5) is 11.8. The number of phenolic OH excluding ortho intramolecular Hbond substituents is 1. The molecule has 6 heteroatoms. The summed E-state index contributed by atoms with van der Waals surface area (Å²) in [5.74, 6) is -0.596. The molecule has 0 atom stereocenters. The Morgan fingerprint density at radius 3 is 2.52 bits per heavy atom. The number of nitrogens with zero attached hydrogens (tertiary/aromatic N) is 2. The molecule has 1 heterocycles. The number of nitrogens with two attached hydrogens (primary N) is 1. The average Bonchev–Trinajstić information content (AvgIpc) is 2.91. The van der Waals surface area contributed by atoms with Gasteiger partial charge in [0.1, 0.15) is 5.75 Å². The lowest BCUT2D eigenvalue weighted by Gasteiger charge is -2.00. The summed E-state index contributed by atoms with van der Waals surface area (Å²) in [5, 5.41) is 13.9. The van der Waals surface area contributed by atoms with Gasteiger partial charge in [0.25, 0.3) is 5.89 Å². The van der Waals surface area contributed by atoms with Crippen LogP contribution in [0.5, 0.6) is 5.75 Å². The Kier molecular flexibility index (Phi) is 5.19. The maximum Gasteiger partial charge on any atom is 0.437 e. The molecular weight excluding hydrogens is 294 g/mol. The van der Waals surface area contributed by atoms with Gasteiger partial charge in [-0.3, -0.25) is 0 Å². The summed E-state index contributed by atoms with van der Waals surface area (Å²) < 4.78 is 6.30. The van der Waals surface area contributed by atoms with Gasteiger partial charge in [-0.2, -0.15) is 4.68 Å². The van der Waals surface area contributed by atoms with Gasteiger partial charge in [0.05, 0.1) is 12.1 Å². The fourth-order valence-corrected chi connectivity index (χ4v) is 2.00. The van der Waals surface area contributed by atoms with Crippen LogP contribution in [0.2, 0.25) is 0 Å². The van der Waals surface area contributed by atoms with Crippen molar-refractivity contribution in [3.63, 3.8) is 0 Å². The highest BCUT2D eigenvalue weighted by molar-refractivity contribution is 5.65. The predicted molar refractivity (Wildman–Crippen MR) is 89.2 cm³/mol. The lowest BCUT2D eigenvalue weighted by atomic mass is 10.2. The Bertz CT molecular complexity index is 823. The van der Waals surface area contributed by atoms with E-state index in [4.69, 9.17) is 10.2 Å². The molecule has 1 aromatic heterocycles. The average molecular weight is 313 g/mol. The van der Waals surface area contributed by atoms with Crippen molar-refractivity contribution in [3.05, 3.63) is 64.6 Å². The molecule has 0 spiro atoms. The maximum atomic E-state index is 11.8. The lowest BCUT2D eigenvalue weighted by molar-refractivity contribution is 0.468. The molecule has 6 nitrogen and oxygen atoms in total. The van der Waals surface area contributed by atoms with Gasteiger partial charge in [0.2, 0.25) is 0 Å². The number of rotatable bonds is 3. The zero-order valence-electron chi connectivity index (χ0n) is 13.1. The van der Waals surface area contributed by atoms with Gasteiger partial charge in [-0.15, -0.1) is 5.10 Å². The van der Waals surface area contributed by atoms with Crippen LogP contribution in [0, 0.1) is 0 Å². The van der Waals surface area contributed by atoms with Crippen LogP contribution >= 0.6 is 0 Å². The molecule has 0 aliphatic carbocycles. The molecule has 120 valence electrons. The third-order valence-corrected chi connectivity index (χ3v) is 3.03. The van der Waals surface area contributed by atoms with Crippen molar-refractivity contribution in [2.75, 3.05) is 5.73 Å². The first-order chi connectivity index (χ1) is 11.1. The van der Waals surface area contributed by atoms with Crippen molar-refractivity contribution in [2.45, 2.75) is 20.4 Å². The Morgan fingerprint density at radius 1 is 1.17 bits per heavy atom. The number of hydrogen-bond acceptors (Lipinski definition) is 5. The van der Waals surface area contributed by atoms with Crippen LogP contribution in [0.4, 0.5) is 5.69 Å². The topological polar surface area (TPSA) is 94.3 Å². The van der Waals surface area contributed by atoms with Crippen LogP contribution in [0.3, 0.4) is 0 Å². The summed E-state index contributed by atoms with van der Waals surface area (Å²) in [6.45, 7) is 4.30. The van der Waals surface area contributed by atoms with E-state index in [0.29, 0.717) is 17.8 Å². The number of aromatic nitrogens is 2. The van der Waals surface area contributed by atoms with Crippen LogP contribution in [0.25, 0.3) is 11.5 Å². The molecule has 0 saturated carbocycles. The molecular formula is C17H19N3O3. The Balaban J connectivity index is 0.000000924. The number of aromatic hydroxyl groups is 1. The highest BCUT2D eigenvalue weighted by Crippen LogP contribution is 2.28. The summed E-state index contributed by atoms with van der Waals surface area (Å²) in [6.07, 6.45) is 0. The van der Waals surface area contributed by atoms with E-state index in [1.54, 1.807) is 12.1 Å². The second-order valence-electron chi connectivity index (χ2n) is 4.59. The second-order valence-corrected chi connectivity index (χ2v) is 4.59. The summed E-state index contributed by atoms with van der Waals surface area (Å²) >= 11 is 0. The van der Waals surface area contributed by atoms with Gasteiger partial charge in [0, 0.05) is 11.8 Å². The smallest absolute Gasteiger partial charge is 0.437 e. The molecule has 23 heavy (non-hydrogen) atoms. The molecule has 0 radical (unpaired) electrons. The monoisotopic (exact) mass is 313 g/mol. The van der Waals surface area contributed by atoms with Crippen molar-refractivity contribution >= 4 is 5.69 Å². The van der Waals surface area contributed by atoms with Crippen LogP contribution in [-0.4, -0.2) is 14.9 Å². The van der Waals surface area contributed by atoms with E-state index in [1.807, 2.05) is 44.2 Å². The molecule has 3 rings (SSSR count). The van der Waals surface area contributed by atoms with E-state index in [9.17, 15) is 9.90 Å². The summed E-state index contributed by atoms with van der Waals surface area (Å²) in [5.41, 5.74) is 7.24. The van der Waals surface area contributed by atoms with Crippen molar-refractivity contribution < 1.29 is 9.52 Å². The van der Waals surface area contributed by atoms with E-state index in [-0.39, 0.29) is 11.6 Å². The number of benzene rings is 2. The SMILES string of the molecule is CC.Nc1ccc(-c2nn(Cc3ccccc3)c(=O)o2)c(O)c1. The Hall–Kier alpha value is -3.02. The first kappa shape index (κ1) is 16.4. The first-order valence-corrected chi connectivity index (χ1v) is 7.34. The second kappa shape index (κ2) is 7.31. The van der Waals surface area contributed by atoms with E-state index >= 15 is 0 Å². The largest absolute Gasteiger partial charge is 0.507 e. The number of nitrogen functional groups attached to an aromatic ring is 1. The fourth-order valence-electron chi connectivity index (χ4n) is 2.00. The van der Waals surface area contributed by atoms with Crippen LogP contribution in [0.15, 0.2) is 57.7 Å². The number of anilines is 1. The van der Waals surface area contributed by atoms with E-state index in [1.165, 1.54) is 10.7 Å². The van der Waals surface area contributed by atoms with E-state index in [2.05, 4.69) is 5.10 Å². The quantitative estimate of drug-likeness (QED) is 0.725. The molecule has 3 aromatic rings. The molecule has 2 aromatic carbocycles. The van der Waals surface area contributed by atoms with Gasteiger partial charge < -0.3 is 15.3 Å². The van der Waals surface area contributed by atoms with Gasteiger partial charge in [-0.1, -0.05) is 44.2 Å². The van der Waals surface area contributed by atoms with Crippen LogP contribution < -0.4 is 11.5 Å². The third-order valence-electron chi connectivity index (χ3n) is 3.03. The highest BCUT2D eigenvalue weighted by atomic mass is 16.4. The van der Waals surface area contributed by atoms with Crippen molar-refractivity contribution in [3.8, 4) is 17.2 Å². The molecule has 0 amide bonds. The van der Waals surface area contributed by atoms with E-state index in [0.717, 1.165) is 5.56 Å². The van der Waals surface area contributed by atoms with Crippen molar-refractivity contribution in [1.29, 1.82) is 0 Å². The normalized spacial score (nSPS) is 10.0. The summed E-state index contributed by atoms with van der Waals surface area (Å²) in [7, 11) is 0.